The molecule has 0 saturated heterocycles. The first-order chi connectivity index (χ1) is 15.9. The first-order valence-electron chi connectivity index (χ1n) is 9.95. The second-order valence-electron chi connectivity index (χ2n) is 7.07. The number of fused-ring (bicyclic) bond motifs is 1. The maximum absolute atomic E-state index is 12.9. The molecule has 2 aromatic carbocycles. The second kappa shape index (κ2) is 9.60. The highest BCUT2D eigenvalue weighted by Crippen LogP contribution is 2.29. The highest BCUT2D eigenvalue weighted by atomic mass is 19.4. The van der Waals surface area contributed by atoms with Gasteiger partial charge in [0.2, 0.25) is 0 Å². The lowest BCUT2D eigenvalue weighted by Crippen LogP contribution is -2.29. The lowest BCUT2D eigenvalue weighted by molar-refractivity contribution is -0.137. The topological polar surface area (TPSA) is 77.8 Å². The van der Waals surface area contributed by atoms with Gasteiger partial charge < -0.3 is 14.8 Å². The van der Waals surface area contributed by atoms with Gasteiger partial charge in [-0.2, -0.15) is 13.2 Å². The fourth-order valence-corrected chi connectivity index (χ4v) is 2.98. The zero-order valence-electron chi connectivity index (χ0n) is 17.2. The van der Waals surface area contributed by atoms with E-state index in [1.54, 1.807) is 24.3 Å². The quantitative estimate of drug-likeness (QED) is 0.433. The van der Waals surface area contributed by atoms with Crippen molar-refractivity contribution in [3.63, 3.8) is 0 Å². The summed E-state index contributed by atoms with van der Waals surface area (Å²) in [5.41, 5.74) is 0.463. The molecular weight excluding hydrogens is 437 g/mol. The van der Waals surface area contributed by atoms with Crippen LogP contribution in [0.2, 0.25) is 0 Å². The number of hydrogen-bond donors (Lipinski definition) is 1. The molecule has 0 atom stereocenters. The Kier molecular flexibility index (Phi) is 6.43. The molecule has 0 spiro atoms. The van der Waals surface area contributed by atoms with E-state index in [0.29, 0.717) is 18.1 Å². The minimum Gasteiger partial charge on any atom is -0.489 e. The minimum absolute atomic E-state index is 0.100. The van der Waals surface area contributed by atoms with E-state index in [-0.39, 0.29) is 24.6 Å². The van der Waals surface area contributed by atoms with E-state index in [0.717, 1.165) is 17.8 Å². The summed E-state index contributed by atoms with van der Waals surface area (Å²) in [6.07, 6.45) is -3.59. The summed E-state index contributed by atoms with van der Waals surface area (Å²) in [6, 6.07) is 18.7. The van der Waals surface area contributed by atoms with Crippen molar-refractivity contribution in [3.8, 4) is 11.5 Å². The standard InChI is InChI=1S/C23H19F3N4O3/c24-23(25,26)17-6-11-20-28-29-21(30(20)13-17)12-27-22(31)15-33-19-9-7-18(8-10-19)32-14-16-4-2-1-3-5-16/h1-11,13H,12,14-15H2,(H,27,31). The molecule has 0 bridgehead atoms. The molecule has 0 saturated carbocycles. The van der Waals surface area contributed by atoms with Crippen molar-refractivity contribution < 1.29 is 27.4 Å². The average Bonchev–Trinajstić information content (AvgIpc) is 3.23. The number of benzene rings is 2. The molecule has 0 aliphatic rings. The summed E-state index contributed by atoms with van der Waals surface area (Å²) in [7, 11) is 0. The summed E-state index contributed by atoms with van der Waals surface area (Å²) in [5.74, 6) is 0.847. The van der Waals surface area contributed by atoms with Crippen molar-refractivity contribution in [2.75, 3.05) is 6.61 Å². The van der Waals surface area contributed by atoms with Gasteiger partial charge in [-0.1, -0.05) is 30.3 Å². The molecule has 33 heavy (non-hydrogen) atoms. The van der Waals surface area contributed by atoms with Gasteiger partial charge in [0.25, 0.3) is 5.91 Å². The fourth-order valence-electron chi connectivity index (χ4n) is 2.98. The van der Waals surface area contributed by atoms with Crippen LogP contribution in [0.15, 0.2) is 72.9 Å². The van der Waals surface area contributed by atoms with Gasteiger partial charge in [-0.3, -0.25) is 9.20 Å². The first kappa shape index (κ1) is 22.1. The Bertz CT molecular complexity index is 1230. The van der Waals surface area contributed by atoms with Gasteiger partial charge in [0.05, 0.1) is 12.1 Å². The maximum atomic E-state index is 12.9. The van der Waals surface area contributed by atoms with Crippen LogP contribution in [0.3, 0.4) is 0 Å². The average molecular weight is 456 g/mol. The Morgan fingerprint density at radius 1 is 0.909 bits per heavy atom. The number of ether oxygens (including phenoxy) is 2. The number of nitrogens with one attached hydrogen (secondary N) is 1. The number of aromatic nitrogens is 3. The van der Waals surface area contributed by atoms with E-state index in [1.165, 1.54) is 10.5 Å². The van der Waals surface area contributed by atoms with Crippen LogP contribution in [0.4, 0.5) is 13.2 Å². The summed E-state index contributed by atoms with van der Waals surface area (Å²) < 4.78 is 51.1. The number of carbonyl (C=O) groups excluding carboxylic acids is 1. The number of rotatable bonds is 8. The highest BCUT2D eigenvalue weighted by molar-refractivity contribution is 5.77. The predicted octanol–water partition coefficient (Wildman–Crippen LogP) is 4.02. The summed E-state index contributed by atoms with van der Waals surface area (Å²) in [6.45, 7) is 0.0664. The van der Waals surface area contributed by atoms with Gasteiger partial charge in [0.15, 0.2) is 18.1 Å². The maximum Gasteiger partial charge on any atom is 0.417 e. The Morgan fingerprint density at radius 3 is 2.30 bits per heavy atom. The third-order valence-electron chi connectivity index (χ3n) is 4.69. The minimum atomic E-state index is -4.49. The summed E-state index contributed by atoms with van der Waals surface area (Å²) >= 11 is 0. The zero-order chi connectivity index (χ0) is 23.3. The number of nitrogens with zero attached hydrogens (tertiary/aromatic N) is 3. The molecule has 2 heterocycles. The first-order valence-corrected chi connectivity index (χ1v) is 9.95. The zero-order valence-corrected chi connectivity index (χ0v) is 17.2. The highest BCUT2D eigenvalue weighted by Gasteiger charge is 2.31. The lowest BCUT2D eigenvalue weighted by atomic mass is 10.2. The van der Waals surface area contributed by atoms with Crippen LogP contribution in [0.1, 0.15) is 17.0 Å². The molecular formula is C23H19F3N4O3. The normalized spacial score (nSPS) is 11.4. The van der Waals surface area contributed by atoms with E-state index in [4.69, 9.17) is 9.47 Å². The van der Waals surface area contributed by atoms with Crippen LogP contribution in [-0.4, -0.2) is 27.1 Å². The van der Waals surface area contributed by atoms with Crippen LogP contribution in [0, 0.1) is 0 Å². The Morgan fingerprint density at radius 2 is 1.61 bits per heavy atom. The van der Waals surface area contributed by atoms with Gasteiger partial charge in [0, 0.05) is 6.20 Å². The second-order valence-corrected chi connectivity index (χ2v) is 7.07. The van der Waals surface area contributed by atoms with Crippen LogP contribution in [-0.2, 0) is 24.1 Å². The van der Waals surface area contributed by atoms with Crippen molar-refractivity contribution in [2.45, 2.75) is 19.3 Å². The van der Waals surface area contributed by atoms with Crippen molar-refractivity contribution in [3.05, 3.63) is 89.9 Å². The Balaban J connectivity index is 1.26. The molecule has 4 aromatic rings. The van der Waals surface area contributed by atoms with Gasteiger partial charge >= 0.3 is 6.18 Å². The van der Waals surface area contributed by atoms with Gasteiger partial charge in [-0.05, 0) is 42.0 Å². The Labute approximate surface area is 186 Å². The van der Waals surface area contributed by atoms with E-state index in [1.807, 2.05) is 30.3 Å². The van der Waals surface area contributed by atoms with Crippen LogP contribution >= 0.6 is 0 Å². The number of halogens is 3. The predicted molar refractivity (Wildman–Crippen MR) is 113 cm³/mol. The van der Waals surface area contributed by atoms with Gasteiger partial charge in [0.1, 0.15) is 18.1 Å². The van der Waals surface area contributed by atoms with E-state index < -0.39 is 17.6 Å². The smallest absolute Gasteiger partial charge is 0.417 e. The molecule has 1 N–H and O–H groups in total. The number of pyridine rings is 1. The molecule has 0 radical (unpaired) electrons. The molecule has 0 unspecified atom stereocenters. The molecule has 170 valence electrons. The van der Waals surface area contributed by atoms with Gasteiger partial charge in [-0.25, -0.2) is 0 Å². The number of alkyl halides is 3. The lowest BCUT2D eigenvalue weighted by Gasteiger charge is -2.10. The summed E-state index contributed by atoms with van der Waals surface area (Å²) in [4.78, 5) is 12.1. The largest absolute Gasteiger partial charge is 0.489 e. The Hall–Kier alpha value is -4.08. The molecule has 0 aliphatic heterocycles. The van der Waals surface area contributed by atoms with Crippen LogP contribution in [0.25, 0.3) is 5.65 Å². The number of carbonyl (C=O) groups is 1. The van der Waals surface area contributed by atoms with Crippen molar-refractivity contribution in [2.24, 2.45) is 0 Å². The molecule has 0 aliphatic carbocycles. The molecule has 4 rings (SSSR count). The van der Waals surface area contributed by atoms with E-state index in [2.05, 4.69) is 15.5 Å². The summed E-state index contributed by atoms with van der Waals surface area (Å²) in [5, 5.41) is 10.2. The molecule has 7 nitrogen and oxygen atoms in total. The molecule has 10 heteroatoms. The van der Waals surface area contributed by atoms with Crippen molar-refractivity contribution >= 4 is 11.6 Å². The SMILES string of the molecule is O=C(COc1ccc(OCc2ccccc2)cc1)NCc1nnc2ccc(C(F)(F)F)cn12. The molecule has 1 amide bonds. The number of hydrogen-bond acceptors (Lipinski definition) is 5. The van der Waals surface area contributed by atoms with Crippen LogP contribution < -0.4 is 14.8 Å². The fraction of sp³-hybridized carbons (Fsp3) is 0.174. The van der Waals surface area contributed by atoms with Crippen molar-refractivity contribution in [1.29, 1.82) is 0 Å². The van der Waals surface area contributed by atoms with Gasteiger partial charge in [-0.15, -0.1) is 10.2 Å². The van der Waals surface area contributed by atoms with E-state index in [9.17, 15) is 18.0 Å². The molecule has 2 aromatic heterocycles. The van der Waals surface area contributed by atoms with Crippen molar-refractivity contribution in [1.82, 2.24) is 19.9 Å². The monoisotopic (exact) mass is 456 g/mol. The third-order valence-corrected chi connectivity index (χ3v) is 4.69. The molecule has 0 fully saturated rings. The third kappa shape index (κ3) is 5.79. The number of amides is 1. The van der Waals surface area contributed by atoms with Crippen LogP contribution in [0.5, 0.6) is 11.5 Å². The van der Waals surface area contributed by atoms with E-state index >= 15 is 0 Å².